The molecular weight excluding hydrogens is 198 g/mol. The molecule has 14 heavy (non-hydrogen) atoms. The van der Waals surface area contributed by atoms with Gasteiger partial charge in [0.15, 0.2) is 0 Å². The average molecular weight is 213 g/mol. The van der Waals surface area contributed by atoms with Crippen molar-refractivity contribution in [1.29, 1.82) is 0 Å². The highest BCUT2D eigenvalue weighted by Crippen LogP contribution is 2.14. The Hall–Kier alpha value is -0.520. The van der Waals surface area contributed by atoms with Crippen LogP contribution in [-0.4, -0.2) is 28.8 Å². The number of nitrogens with zero attached hydrogens (tertiary/aromatic N) is 2. The number of ether oxygens (including phenoxy) is 1. The summed E-state index contributed by atoms with van der Waals surface area (Å²) in [6, 6.07) is 0.872. The van der Waals surface area contributed by atoms with Gasteiger partial charge in [-0.1, -0.05) is 4.49 Å². The van der Waals surface area contributed by atoms with E-state index in [1.807, 2.05) is 5.38 Å². The van der Waals surface area contributed by atoms with Crippen LogP contribution in [0, 0.1) is 0 Å². The Kier molecular flexibility index (Phi) is 3.44. The molecule has 5 heteroatoms. The summed E-state index contributed by atoms with van der Waals surface area (Å²) in [6.07, 6.45) is 2.20. The third kappa shape index (κ3) is 2.50. The monoisotopic (exact) mass is 213 g/mol. The largest absolute Gasteiger partial charge is 0.381 e. The van der Waals surface area contributed by atoms with E-state index in [1.165, 1.54) is 11.5 Å². The predicted molar refractivity (Wildman–Crippen MR) is 55.3 cm³/mol. The van der Waals surface area contributed by atoms with E-state index in [-0.39, 0.29) is 0 Å². The lowest BCUT2D eigenvalue weighted by atomic mass is 10.1. The van der Waals surface area contributed by atoms with Crippen molar-refractivity contribution in [2.24, 2.45) is 0 Å². The van der Waals surface area contributed by atoms with Crippen molar-refractivity contribution in [2.45, 2.75) is 31.8 Å². The van der Waals surface area contributed by atoms with Crippen molar-refractivity contribution in [2.75, 3.05) is 13.2 Å². The van der Waals surface area contributed by atoms with Gasteiger partial charge in [-0.05, 0) is 31.3 Å². The second kappa shape index (κ2) is 4.82. The van der Waals surface area contributed by atoms with Crippen LogP contribution in [0.25, 0.3) is 0 Å². The lowest BCUT2D eigenvalue weighted by molar-refractivity contribution is 0.0753. The number of aromatic nitrogens is 2. The molecule has 0 spiro atoms. The first-order valence-electron chi connectivity index (χ1n) is 4.97. The first-order valence-corrected chi connectivity index (χ1v) is 5.80. The van der Waals surface area contributed by atoms with Crippen LogP contribution in [0.2, 0.25) is 0 Å². The van der Waals surface area contributed by atoms with E-state index in [9.17, 15) is 0 Å². The summed E-state index contributed by atoms with van der Waals surface area (Å²) in [5, 5.41) is 9.60. The molecule has 0 radical (unpaired) electrons. The van der Waals surface area contributed by atoms with E-state index in [0.29, 0.717) is 12.1 Å². The molecule has 1 saturated heterocycles. The van der Waals surface area contributed by atoms with Crippen LogP contribution in [0.3, 0.4) is 0 Å². The van der Waals surface area contributed by atoms with E-state index >= 15 is 0 Å². The van der Waals surface area contributed by atoms with Crippen molar-refractivity contribution < 1.29 is 4.74 Å². The zero-order valence-corrected chi connectivity index (χ0v) is 9.09. The maximum atomic E-state index is 5.31. The highest BCUT2D eigenvalue weighted by Gasteiger charge is 2.17. The summed E-state index contributed by atoms with van der Waals surface area (Å²) in [7, 11) is 0. The van der Waals surface area contributed by atoms with Gasteiger partial charge < -0.3 is 10.1 Å². The molecule has 1 aliphatic rings. The van der Waals surface area contributed by atoms with Crippen molar-refractivity contribution in [3.8, 4) is 0 Å². The Morgan fingerprint density at radius 3 is 3.00 bits per heavy atom. The molecule has 1 fully saturated rings. The van der Waals surface area contributed by atoms with Gasteiger partial charge in [0, 0.05) is 30.7 Å². The van der Waals surface area contributed by atoms with Crippen LogP contribution in [0.5, 0.6) is 0 Å². The smallest absolute Gasteiger partial charge is 0.0921 e. The summed E-state index contributed by atoms with van der Waals surface area (Å²) in [4.78, 5) is 0. The average Bonchev–Trinajstić information content (AvgIpc) is 2.72. The maximum absolute atomic E-state index is 5.31. The van der Waals surface area contributed by atoms with Gasteiger partial charge in [0.1, 0.15) is 0 Å². The molecule has 0 amide bonds. The fourth-order valence-corrected chi connectivity index (χ4v) is 2.21. The summed E-state index contributed by atoms with van der Waals surface area (Å²) >= 11 is 1.40. The molecule has 0 saturated carbocycles. The Morgan fingerprint density at radius 2 is 2.36 bits per heavy atom. The molecule has 2 rings (SSSR count). The van der Waals surface area contributed by atoms with Crippen LogP contribution in [0.4, 0.5) is 0 Å². The maximum Gasteiger partial charge on any atom is 0.0921 e. The Morgan fingerprint density at radius 1 is 1.57 bits per heavy atom. The normalized spacial score (nSPS) is 20.9. The summed E-state index contributed by atoms with van der Waals surface area (Å²) in [6.45, 7) is 3.88. The third-order valence-electron chi connectivity index (χ3n) is 2.53. The standard InChI is InChI=1S/C9H15N3OS/c1-7(9-6-14-12-11-9)10-8-2-4-13-5-3-8/h6-8,10H,2-5H2,1H3. The fourth-order valence-electron chi connectivity index (χ4n) is 1.66. The minimum absolute atomic E-state index is 0.303. The lowest BCUT2D eigenvalue weighted by Crippen LogP contribution is -2.36. The topological polar surface area (TPSA) is 47.0 Å². The molecule has 1 aromatic rings. The van der Waals surface area contributed by atoms with Crippen molar-refractivity contribution >= 4 is 11.5 Å². The van der Waals surface area contributed by atoms with E-state index in [1.54, 1.807) is 0 Å². The highest BCUT2D eigenvalue weighted by atomic mass is 32.1. The molecule has 1 aliphatic heterocycles. The van der Waals surface area contributed by atoms with Gasteiger partial charge >= 0.3 is 0 Å². The van der Waals surface area contributed by atoms with Crippen LogP contribution in [0.1, 0.15) is 31.5 Å². The number of nitrogens with one attached hydrogen (secondary N) is 1. The molecule has 0 aliphatic carbocycles. The Balaban J connectivity index is 1.84. The molecule has 1 aromatic heterocycles. The molecule has 1 atom stereocenters. The second-order valence-corrected chi connectivity index (χ2v) is 4.21. The third-order valence-corrected chi connectivity index (χ3v) is 3.05. The van der Waals surface area contributed by atoms with Crippen LogP contribution >= 0.6 is 11.5 Å². The van der Waals surface area contributed by atoms with Crippen LogP contribution < -0.4 is 5.32 Å². The summed E-state index contributed by atoms with van der Waals surface area (Å²) < 4.78 is 9.17. The zero-order chi connectivity index (χ0) is 9.80. The van der Waals surface area contributed by atoms with Gasteiger partial charge in [0.2, 0.25) is 0 Å². The molecule has 78 valence electrons. The van der Waals surface area contributed by atoms with E-state index in [0.717, 1.165) is 31.7 Å². The van der Waals surface area contributed by atoms with E-state index < -0.39 is 0 Å². The quantitative estimate of drug-likeness (QED) is 0.823. The summed E-state index contributed by atoms with van der Waals surface area (Å²) in [5.74, 6) is 0. The number of hydrogen-bond acceptors (Lipinski definition) is 5. The van der Waals surface area contributed by atoms with Crippen molar-refractivity contribution in [3.05, 3.63) is 11.1 Å². The predicted octanol–water partition coefficient (Wildman–Crippen LogP) is 1.37. The molecule has 1 N–H and O–H groups in total. The number of rotatable bonds is 3. The van der Waals surface area contributed by atoms with E-state index in [2.05, 4.69) is 21.8 Å². The molecule has 0 bridgehead atoms. The van der Waals surface area contributed by atoms with Gasteiger partial charge in [-0.2, -0.15) is 0 Å². The zero-order valence-electron chi connectivity index (χ0n) is 8.27. The van der Waals surface area contributed by atoms with Crippen molar-refractivity contribution in [1.82, 2.24) is 14.9 Å². The van der Waals surface area contributed by atoms with Gasteiger partial charge in [-0.25, -0.2) is 0 Å². The highest BCUT2D eigenvalue weighted by molar-refractivity contribution is 7.03. The van der Waals surface area contributed by atoms with Crippen LogP contribution in [0.15, 0.2) is 5.38 Å². The van der Waals surface area contributed by atoms with Crippen LogP contribution in [-0.2, 0) is 4.74 Å². The lowest BCUT2D eigenvalue weighted by Gasteiger charge is -2.25. The van der Waals surface area contributed by atoms with Crippen molar-refractivity contribution in [3.63, 3.8) is 0 Å². The van der Waals surface area contributed by atoms with E-state index in [4.69, 9.17) is 4.74 Å². The molecular formula is C9H15N3OS. The fraction of sp³-hybridized carbons (Fsp3) is 0.778. The second-order valence-electron chi connectivity index (χ2n) is 3.60. The number of hydrogen-bond donors (Lipinski definition) is 1. The van der Waals surface area contributed by atoms with Gasteiger partial charge in [-0.3, -0.25) is 0 Å². The minimum atomic E-state index is 0.303. The SMILES string of the molecule is CC(NC1CCOCC1)c1csnn1. The first kappa shape index (κ1) is 10.0. The minimum Gasteiger partial charge on any atom is -0.381 e. The van der Waals surface area contributed by atoms with Gasteiger partial charge in [-0.15, -0.1) is 5.10 Å². The summed E-state index contributed by atoms with van der Waals surface area (Å²) in [5.41, 5.74) is 1.04. The Labute approximate surface area is 87.8 Å². The molecule has 2 heterocycles. The molecule has 1 unspecified atom stereocenters. The first-order chi connectivity index (χ1) is 6.86. The molecule has 4 nitrogen and oxygen atoms in total. The van der Waals surface area contributed by atoms with Gasteiger partial charge in [0.05, 0.1) is 5.69 Å². The van der Waals surface area contributed by atoms with Gasteiger partial charge in [0.25, 0.3) is 0 Å². The molecule has 0 aromatic carbocycles. The Bertz CT molecular complexity index is 259.